The minimum absolute atomic E-state index is 0.00298. The average molecular weight is 340 g/mol. The van der Waals surface area contributed by atoms with E-state index in [1.807, 2.05) is 6.92 Å². The van der Waals surface area contributed by atoms with E-state index in [0.717, 1.165) is 19.3 Å². The molecule has 2 aliphatic rings. The van der Waals surface area contributed by atoms with Gasteiger partial charge in [0.15, 0.2) is 11.5 Å². The van der Waals surface area contributed by atoms with Crippen molar-refractivity contribution in [2.75, 3.05) is 26.3 Å². The van der Waals surface area contributed by atoms with Gasteiger partial charge in [-0.15, -0.1) is 0 Å². The number of hydrogen-bond donors (Lipinski definition) is 1. The Labute approximate surface area is 137 Å². The van der Waals surface area contributed by atoms with Crippen LogP contribution in [0.4, 0.5) is 0 Å². The van der Waals surface area contributed by atoms with Gasteiger partial charge in [-0.2, -0.15) is 4.31 Å². The first kappa shape index (κ1) is 16.5. The number of ether oxygens (including phenoxy) is 2. The van der Waals surface area contributed by atoms with Crippen molar-refractivity contribution >= 4 is 10.0 Å². The summed E-state index contributed by atoms with van der Waals surface area (Å²) < 4.78 is 38.5. The number of piperidine rings is 1. The van der Waals surface area contributed by atoms with Crippen LogP contribution in [0.5, 0.6) is 11.5 Å². The fourth-order valence-corrected chi connectivity index (χ4v) is 4.63. The first-order valence-electron chi connectivity index (χ1n) is 8.14. The van der Waals surface area contributed by atoms with Crippen LogP contribution < -0.4 is 15.2 Å². The zero-order valence-corrected chi connectivity index (χ0v) is 14.2. The van der Waals surface area contributed by atoms with E-state index in [9.17, 15) is 8.42 Å². The predicted octanol–water partition coefficient (Wildman–Crippen LogP) is 1.60. The van der Waals surface area contributed by atoms with Crippen LogP contribution >= 0.6 is 0 Å². The number of fused-ring (bicyclic) bond motifs is 1. The number of nitrogens with zero attached hydrogens (tertiary/aromatic N) is 1. The molecule has 2 heterocycles. The molecule has 3 rings (SSSR count). The predicted molar refractivity (Wildman–Crippen MR) is 87.2 cm³/mol. The molecular formula is C16H24N2O4S. The number of rotatable bonds is 3. The maximum absolute atomic E-state index is 12.9. The molecule has 2 aliphatic heterocycles. The van der Waals surface area contributed by atoms with Crippen LogP contribution in [0.3, 0.4) is 0 Å². The highest BCUT2D eigenvalue weighted by molar-refractivity contribution is 7.89. The first-order chi connectivity index (χ1) is 11.0. The Morgan fingerprint density at radius 1 is 1.22 bits per heavy atom. The lowest BCUT2D eigenvalue weighted by molar-refractivity contribution is 0.243. The summed E-state index contributed by atoms with van der Waals surface area (Å²) in [4.78, 5) is 0.257. The minimum Gasteiger partial charge on any atom is -0.490 e. The molecule has 0 radical (unpaired) electrons. The second kappa shape index (κ2) is 6.67. The molecule has 2 N–H and O–H groups in total. The summed E-state index contributed by atoms with van der Waals surface area (Å²) in [5.74, 6) is 1.32. The van der Waals surface area contributed by atoms with E-state index in [-0.39, 0.29) is 16.9 Å². The summed E-state index contributed by atoms with van der Waals surface area (Å²) >= 11 is 0. The molecule has 0 amide bonds. The van der Waals surface area contributed by atoms with Gasteiger partial charge in [-0.25, -0.2) is 8.42 Å². The van der Waals surface area contributed by atoms with Gasteiger partial charge in [-0.3, -0.25) is 0 Å². The molecule has 1 fully saturated rings. The largest absolute Gasteiger partial charge is 0.490 e. The molecular weight excluding hydrogens is 316 g/mol. The van der Waals surface area contributed by atoms with Gasteiger partial charge >= 0.3 is 0 Å². The molecule has 1 saturated heterocycles. The summed E-state index contributed by atoms with van der Waals surface area (Å²) in [6.45, 7) is 4.08. The van der Waals surface area contributed by atoms with E-state index in [4.69, 9.17) is 15.2 Å². The molecule has 1 aromatic rings. The van der Waals surface area contributed by atoms with E-state index in [0.29, 0.717) is 37.8 Å². The third-order valence-electron chi connectivity index (χ3n) is 4.52. The summed E-state index contributed by atoms with van der Waals surface area (Å²) in [6, 6.07) is 4.85. The monoisotopic (exact) mass is 340 g/mol. The van der Waals surface area contributed by atoms with Gasteiger partial charge in [0.05, 0.1) is 18.1 Å². The molecule has 2 atom stereocenters. The van der Waals surface area contributed by atoms with Crippen LogP contribution in [0.15, 0.2) is 23.1 Å². The van der Waals surface area contributed by atoms with Gasteiger partial charge in [-0.05, 0) is 37.8 Å². The van der Waals surface area contributed by atoms with Crippen LogP contribution in [0, 0.1) is 5.92 Å². The summed E-state index contributed by atoms with van der Waals surface area (Å²) in [6.07, 6.45) is 2.61. The third kappa shape index (κ3) is 3.46. The Hall–Kier alpha value is -1.31. The fourth-order valence-electron chi connectivity index (χ4n) is 3.07. The van der Waals surface area contributed by atoms with Crippen molar-refractivity contribution in [2.45, 2.75) is 37.1 Å². The summed E-state index contributed by atoms with van der Waals surface area (Å²) in [5, 5.41) is 0. The van der Waals surface area contributed by atoms with Crippen molar-refractivity contribution < 1.29 is 17.9 Å². The highest BCUT2D eigenvalue weighted by Gasteiger charge is 2.32. The van der Waals surface area contributed by atoms with Crippen molar-refractivity contribution in [2.24, 2.45) is 11.7 Å². The second-order valence-corrected chi connectivity index (χ2v) is 8.22. The average Bonchev–Trinajstić information content (AvgIpc) is 2.79. The van der Waals surface area contributed by atoms with E-state index in [1.54, 1.807) is 22.5 Å². The van der Waals surface area contributed by atoms with Crippen molar-refractivity contribution in [3.05, 3.63) is 18.2 Å². The van der Waals surface area contributed by atoms with Crippen LogP contribution in [0.25, 0.3) is 0 Å². The number of benzene rings is 1. The lowest BCUT2D eigenvalue weighted by Crippen LogP contribution is -2.44. The topological polar surface area (TPSA) is 81.9 Å². The zero-order valence-electron chi connectivity index (χ0n) is 13.4. The lowest BCUT2D eigenvalue weighted by atomic mass is 9.93. The Balaban J connectivity index is 1.86. The van der Waals surface area contributed by atoms with Crippen LogP contribution in [0.2, 0.25) is 0 Å². The Kier molecular flexibility index (Phi) is 4.79. The molecule has 0 aromatic heterocycles. The molecule has 7 heteroatoms. The number of hydrogen-bond acceptors (Lipinski definition) is 5. The molecule has 0 aliphatic carbocycles. The molecule has 23 heavy (non-hydrogen) atoms. The van der Waals surface area contributed by atoms with Crippen molar-refractivity contribution in [3.63, 3.8) is 0 Å². The Bertz CT molecular complexity index is 660. The molecule has 0 saturated carbocycles. The highest BCUT2D eigenvalue weighted by atomic mass is 32.2. The number of nitrogens with two attached hydrogens (primary N) is 1. The van der Waals surface area contributed by atoms with Crippen LogP contribution in [-0.4, -0.2) is 45.1 Å². The van der Waals surface area contributed by atoms with E-state index in [2.05, 4.69) is 0 Å². The molecule has 128 valence electrons. The van der Waals surface area contributed by atoms with Crippen molar-refractivity contribution in [3.8, 4) is 11.5 Å². The summed E-state index contributed by atoms with van der Waals surface area (Å²) in [7, 11) is -3.53. The molecule has 0 spiro atoms. The smallest absolute Gasteiger partial charge is 0.243 e. The van der Waals surface area contributed by atoms with Gasteiger partial charge in [0.2, 0.25) is 10.0 Å². The van der Waals surface area contributed by atoms with Gasteiger partial charge < -0.3 is 15.2 Å². The SMILES string of the molecule is CC(N)C1CCCN(S(=O)(=O)c2ccc3c(c2)OCCCO3)C1. The minimum atomic E-state index is -3.53. The van der Waals surface area contributed by atoms with Gasteiger partial charge in [-0.1, -0.05) is 0 Å². The van der Waals surface area contributed by atoms with Crippen molar-refractivity contribution in [1.29, 1.82) is 0 Å². The molecule has 2 unspecified atom stereocenters. The third-order valence-corrected chi connectivity index (χ3v) is 6.38. The van der Waals surface area contributed by atoms with Crippen LogP contribution in [0.1, 0.15) is 26.2 Å². The first-order valence-corrected chi connectivity index (χ1v) is 9.58. The second-order valence-electron chi connectivity index (χ2n) is 6.28. The van der Waals surface area contributed by atoms with E-state index < -0.39 is 10.0 Å². The quantitative estimate of drug-likeness (QED) is 0.904. The molecule has 1 aromatic carbocycles. The number of sulfonamides is 1. The lowest BCUT2D eigenvalue weighted by Gasteiger charge is -2.33. The standard InChI is InChI=1S/C16H24N2O4S/c1-12(17)13-4-2-7-18(11-13)23(19,20)14-5-6-15-16(10-14)22-9-3-8-21-15/h5-6,10,12-13H,2-4,7-9,11,17H2,1H3. The summed E-state index contributed by atoms with van der Waals surface area (Å²) in [5.41, 5.74) is 5.96. The van der Waals surface area contributed by atoms with E-state index in [1.165, 1.54) is 0 Å². The van der Waals surface area contributed by atoms with Gasteiger partial charge in [0, 0.05) is 31.6 Å². The van der Waals surface area contributed by atoms with Gasteiger partial charge in [0.25, 0.3) is 0 Å². The fraction of sp³-hybridized carbons (Fsp3) is 0.625. The zero-order chi connectivity index (χ0) is 16.4. The maximum atomic E-state index is 12.9. The maximum Gasteiger partial charge on any atom is 0.243 e. The Morgan fingerprint density at radius 2 is 1.96 bits per heavy atom. The molecule has 6 nitrogen and oxygen atoms in total. The highest BCUT2D eigenvalue weighted by Crippen LogP contribution is 2.34. The van der Waals surface area contributed by atoms with Crippen molar-refractivity contribution in [1.82, 2.24) is 4.31 Å². The van der Waals surface area contributed by atoms with Gasteiger partial charge in [0.1, 0.15) is 0 Å². The van der Waals surface area contributed by atoms with E-state index >= 15 is 0 Å². The molecule has 0 bridgehead atoms. The normalized spacial score (nSPS) is 24.0. The Morgan fingerprint density at radius 3 is 2.70 bits per heavy atom. The van der Waals surface area contributed by atoms with Crippen LogP contribution in [-0.2, 0) is 10.0 Å².